The fourth-order valence-corrected chi connectivity index (χ4v) is 4.80. The van der Waals surface area contributed by atoms with Crippen LogP contribution in [0.25, 0.3) is 0 Å². The molecule has 0 aliphatic rings. The summed E-state index contributed by atoms with van der Waals surface area (Å²) in [7, 11) is -3.63. The lowest BCUT2D eigenvalue weighted by Crippen LogP contribution is -2.31. The quantitative estimate of drug-likeness (QED) is 0.638. The van der Waals surface area contributed by atoms with Crippen molar-refractivity contribution in [2.45, 2.75) is 39.0 Å². The highest BCUT2D eigenvalue weighted by molar-refractivity contribution is 7.89. The number of hydrogen-bond acceptors (Lipinski definition) is 4. The molecule has 2 N–H and O–H groups in total. The Kier molecular flexibility index (Phi) is 8.14. The standard InChI is InChI=1S/C22H29N3O4S/c1-5-25(6-2)30(28,29)20-15-18(12-11-17(20)4)24-21(26)13-14-23-22(27)19-10-8-7-9-16(19)3/h7-12,15H,5-6,13-14H2,1-4H3,(H,23,27)(H,24,26). The second-order valence-corrected chi connectivity index (χ2v) is 8.84. The van der Waals surface area contributed by atoms with Gasteiger partial charge in [-0.25, -0.2) is 8.42 Å². The summed E-state index contributed by atoms with van der Waals surface area (Å²) >= 11 is 0. The molecule has 30 heavy (non-hydrogen) atoms. The number of hydrogen-bond donors (Lipinski definition) is 2. The summed E-state index contributed by atoms with van der Waals surface area (Å²) in [5.41, 5.74) is 2.45. The van der Waals surface area contributed by atoms with Gasteiger partial charge in [-0.1, -0.05) is 38.1 Å². The van der Waals surface area contributed by atoms with Crippen LogP contribution in [0.5, 0.6) is 0 Å². The highest BCUT2D eigenvalue weighted by atomic mass is 32.2. The largest absolute Gasteiger partial charge is 0.352 e. The van der Waals surface area contributed by atoms with Gasteiger partial charge < -0.3 is 10.6 Å². The SMILES string of the molecule is CCN(CC)S(=O)(=O)c1cc(NC(=O)CCNC(=O)c2ccccc2C)ccc1C. The Balaban J connectivity index is 2.00. The Morgan fingerprint density at radius 1 is 0.967 bits per heavy atom. The topological polar surface area (TPSA) is 95.6 Å². The molecule has 0 heterocycles. The van der Waals surface area contributed by atoms with E-state index < -0.39 is 10.0 Å². The molecule has 0 fully saturated rings. The summed E-state index contributed by atoms with van der Waals surface area (Å²) in [5.74, 6) is -0.543. The van der Waals surface area contributed by atoms with Crippen molar-refractivity contribution in [3.8, 4) is 0 Å². The van der Waals surface area contributed by atoms with E-state index in [2.05, 4.69) is 10.6 Å². The van der Waals surface area contributed by atoms with E-state index in [1.54, 1.807) is 45.0 Å². The first-order valence-electron chi connectivity index (χ1n) is 9.95. The van der Waals surface area contributed by atoms with Crippen molar-refractivity contribution in [3.05, 3.63) is 59.2 Å². The third kappa shape index (κ3) is 5.67. The highest BCUT2D eigenvalue weighted by Gasteiger charge is 2.24. The molecule has 2 rings (SSSR count). The van der Waals surface area contributed by atoms with Gasteiger partial charge in [0.2, 0.25) is 15.9 Å². The average Bonchev–Trinajstić information content (AvgIpc) is 2.70. The third-order valence-electron chi connectivity index (χ3n) is 4.82. The molecule has 0 aromatic heterocycles. The number of anilines is 1. The summed E-state index contributed by atoms with van der Waals surface area (Å²) < 4.78 is 27.0. The van der Waals surface area contributed by atoms with Crippen molar-refractivity contribution in [1.82, 2.24) is 9.62 Å². The molecule has 0 bridgehead atoms. The van der Waals surface area contributed by atoms with E-state index in [0.29, 0.717) is 29.9 Å². The van der Waals surface area contributed by atoms with Gasteiger partial charge in [0.1, 0.15) is 0 Å². The van der Waals surface area contributed by atoms with Gasteiger partial charge in [-0.2, -0.15) is 4.31 Å². The van der Waals surface area contributed by atoms with Crippen molar-refractivity contribution in [1.29, 1.82) is 0 Å². The number of amides is 2. The summed E-state index contributed by atoms with van der Waals surface area (Å²) in [5, 5.41) is 5.44. The number of nitrogens with zero attached hydrogens (tertiary/aromatic N) is 1. The molecule has 0 atom stereocenters. The van der Waals surface area contributed by atoms with Crippen LogP contribution in [0.15, 0.2) is 47.4 Å². The number of carbonyl (C=O) groups is 2. The molecule has 0 unspecified atom stereocenters. The Hall–Kier alpha value is -2.71. The molecular formula is C22H29N3O4S. The number of nitrogens with one attached hydrogen (secondary N) is 2. The molecular weight excluding hydrogens is 402 g/mol. The molecule has 2 amide bonds. The van der Waals surface area contributed by atoms with Crippen LogP contribution in [0.4, 0.5) is 5.69 Å². The molecule has 162 valence electrons. The monoisotopic (exact) mass is 431 g/mol. The van der Waals surface area contributed by atoms with E-state index in [1.165, 1.54) is 10.4 Å². The van der Waals surface area contributed by atoms with E-state index in [4.69, 9.17) is 0 Å². The smallest absolute Gasteiger partial charge is 0.251 e. The van der Waals surface area contributed by atoms with Crippen molar-refractivity contribution in [2.75, 3.05) is 25.0 Å². The molecule has 2 aromatic rings. The number of aryl methyl sites for hydroxylation is 2. The van der Waals surface area contributed by atoms with Crippen molar-refractivity contribution in [2.24, 2.45) is 0 Å². The van der Waals surface area contributed by atoms with Crippen molar-refractivity contribution in [3.63, 3.8) is 0 Å². The van der Waals surface area contributed by atoms with Gasteiger partial charge >= 0.3 is 0 Å². The van der Waals surface area contributed by atoms with Gasteiger partial charge in [0.05, 0.1) is 4.90 Å². The zero-order chi connectivity index (χ0) is 22.3. The molecule has 2 aromatic carbocycles. The minimum Gasteiger partial charge on any atom is -0.352 e. The van der Waals surface area contributed by atoms with E-state index in [0.717, 1.165) is 5.56 Å². The van der Waals surface area contributed by atoms with Crippen molar-refractivity contribution < 1.29 is 18.0 Å². The lowest BCUT2D eigenvalue weighted by Gasteiger charge is -2.20. The molecule has 8 heteroatoms. The van der Waals surface area contributed by atoms with Crippen LogP contribution in [-0.4, -0.2) is 44.2 Å². The fourth-order valence-electron chi connectivity index (χ4n) is 3.09. The summed E-state index contributed by atoms with van der Waals surface area (Å²) in [6.07, 6.45) is 0.0730. The van der Waals surface area contributed by atoms with Crippen LogP contribution in [0, 0.1) is 13.8 Å². The first kappa shape index (κ1) is 23.6. The first-order chi connectivity index (χ1) is 14.2. The number of benzene rings is 2. The van der Waals surface area contributed by atoms with Gasteiger partial charge in [0.25, 0.3) is 5.91 Å². The minimum atomic E-state index is -3.63. The molecule has 0 saturated carbocycles. The predicted molar refractivity (Wildman–Crippen MR) is 118 cm³/mol. The maximum absolute atomic E-state index is 12.8. The number of rotatable bonds is 9. The zero-order valence-electron chi connectivity index (χ0n) is 17.9. The predicted octanol–water partition coefficient (Wildman–Crippen LogP) is 3.09. The van der Waals surface area contributed by atoms with E-state index in [1.807, 2.05) is 19.1 Å². The van der Waals surface area contributed by atoms with Crippen LogP contribution in [-0.2, 0) is 14.8 Å². The van der Waals surface area contributed by atoms with Crippen LogP contribution >= 0.6 is 0 Å². The lowest BCUT2D eigenvalue weighted by atomic mass is 10.1. The normalized spacial score (nSPS) is 11.4. The summed E-state index contributed by atoms with van der Waals surface area (Å²) in [6, 6.07) is 12.0. The second-order valence-electron chi connectivity index (χ2n) is 6.94. The van der Waals surface area contributed by atoms with E-state index >= 15 is 0 Å². The number of sulfonamides is 1. The molecule has 7 nitrogen and oxygen atoms in total. The Morgan fingerprint density at radius 3 is 2.27 bits per heavy atom. The summed E-state index contributed by atoms with van der Waals surface area (Å²) in [6.45, 7) is 8.06. The number of carbonyl (C=O) groups excluding carboxylic acids is 2. The Bertz CT molecular complexity index is 1010. The van der Waals surface area contributed by atoms with E-state index in [9.17, 15) is 18.0 Å². The van der Waals surface area contributed by atoms with Gasteiger partial charge in [-0.05, 0) is 43.2 Å². The molecule has 0 aliphatic heterocycles. The average molecular weight is 432 g/mol. The third-order valence-corrected chi connectivity index (χ3v) is 7.01. The van der Waals surface area contributed by atoms with Gasteiger partial charge in [-0.15, -0.1) is 0 Å². The minimum absolute atomic E-state index is 0.0730. The molecule has 0 saturated heterocycles. The Labute approximate surface area is 178 Å². The van der Waals surface area contributed by atoms with Crippen LogP contribution < -0.4 is 10.6 Å². The van der Waals surface area contributed by atoms with E-state index in [-0.39, 0.29) is 29.7 Å². The van der Waals surface area contributed by atoms with Crippen LogP contribution in [0.1, 0.15) is 41.8 Å². The molecule has 0 aliphatic carbocycles. The molecule has 0 radical (unpaired) electrons. The maximum Gasteiger partial charge on any atom is 0.251 e. The van der Waals surface area contributed by atoms with Gasteiger partial charge in [-0.3, -0.25) is 9.59 Å². The molecule has 0 spiro atoms. The van der Waals surface area contributed by atoms with Crippen molar-refractivity contribution >= 4 is 27.5 Å². The summed E-state index contributed by atoms with van der Waals surface area (Å²) in [4.78, 5) is 24.6. The second kappa shape index (κ2) is 10.4. The van der Waals surface area contributed by atoms with Gasteiger partial charge in [0.15, 0.2) is 0 Å². The lowest BCUT2D eigenvalue weighted by molar-refractivity contribution is -0.116. The maximum atomic E-state index is 12.8. The van der Waals surface area contributed by atoms with Gasteiger partial charge in [0, 0.05) is 37.3 Å². The highest BCUT2D eigenvalue weighted by Crippen LogP contribution is 2.23. The first-order valence-corrected chi connectivity index (χ1v) is 11.4. The Morgan fingerprint density at radius 2 is 1.63 bits per heavy atom. The van der Waals surface area contributed by atoms with Crippen LogP contribution in [0.2, 0.25) is 0 Å². The fraction of sp³-hybridized carbons (Fsp3) is 0.364. The van der Waals surface area contributed by atoms with Crippen LogP contribution in [0.3, 0.4) is 0 Å². The zero-order valence-corrected chi connectivity index (χ0v) is 18.7.